The second-order valence-electron chi connectivity index (χ2n) is 2.58. The van der Waals surface area contributed by atoms with Crippen LogP contribution in [-0.4, -0.2) is 22.4 Å². The van der Waals surface area contributed by atoms with Crippen LogP contribution in [0.2, 0.25) is 0 Å². The van der Waals surface area contributed by atoms with E-state index in [1.165, 1.54) is 0 Å². The van der Waals surface area contributed by atoms with Gasteiger partial charge in [-0.3, -0.25) is 0 Å². The van der Waals surface area contributed by atoms with Gasteiger partial charge in [-0.15, -0.1) is 0 Å². The molecule has 58 valence electrons. The Morgan fingerprint density at radius 2 is 1.20 bits per heavy atom. The van der Waals surface area contributed by atoms with E-state index in [4.69, 9.17) is 10.2 Å². The van der Waals surface area contributed by atoms with E-state index in [2.05, 4.69) is 13.2 Å². The first-order valence-corrected chi connectivity index (χ1v) is 3.13. The largest absolute Gasteiger partial charge is 0.386 e. The summed E-state index contributed by atoms with van der Waals surface area (Å²) in [6.45, 7) is 10.3. The van der Waals surface area contributed by atoms with Crippen molar-refractivity contribution < 1.29 is 10.2 Å². The van der Waals surface area contributed by atoms with Gasteiger partial charge in [0.1, 0.15) is 12.2 Å². The first-order chi connectivity index (χ1) is 4.46. The van der Waals surface area contributed by atoms with E-state index >= 15 is 0 Å². The Morgan fingerprint density at radius 3 is 1.30 bits per heavy atom. The fourth-order valence-corrected chi connectivity index (χ4v) is 0.539. The first kappa shape index (κ1) is 9.40. The molecule has 10 heavy (non-hydrogen) atoms. The monoisotopic (exact) mass is 142 g/mol. The molecule has 0 aliphatic carbocycles. The van der Waals surface area contributed by atoms with Crippen LogP contribution in [0.3, 0.4) is 0 Å². The van der Waals surface area contributed by atoms with E-state index in [0.29, 0.717) is 11.1 Å². The number of aliphatic hydroxyl groups excluding tert-OH is 2. The van der Waals surface area contributed by atoms with Gasteiger partial charge in [-0.25, -0.2) is 0 Å². The van der Waals surface area contributed by atoms with E-state index in [-0.39, 0.29) is 0 Å². The molecule has 2 N–H and O–H groups in total. The molecule has 0 fully saturated rings. The van der Waals surface area contributed by atoms with Crippen molar-refractivity contribution in [1.29, 1.82) is 0 Å². The standard InChI is InChI=1S/C8H14O2/c1-5(2)7(9)8(10)6(3)4/h7-10H,1,3H2,2,4H3/t7-,8-/m1/s1. The Bertz CT molecular complexity index is 131. The molecule has 2 atom stereocenters. The summed E-state index contributed by atoms with van der Waals surface area (Å²) in [6, 6.07) is 0. The van der Waals surface area contributed by atoms with E-state index in [9.17, 15) is 0 Å². The van der Waals surface area contributed by atoms with Gasteiger partial charge < -0.3 is 10.2 Å². The summed E-state index contributed by atoms with van der Waals surface area (Å²) in [5, 5.41) is 18.3. The number of aliphatic hydroxyl groups is 2. The number of hydrogen-bond donors (Lipinski definition) is 2. The van der Waals surface area contributed by atoms with E-state index in [1.807, 2.05) is 0 Å². The summed E-state index contributed by atoms with van der Waals surface area (Å²) in [5.41, 5.74) is 1.10. The molecular weight excluding hydrogens is 128 g/mol. The number of rotatable bonds is 3. The zero-order valence-corrected chi connectivity index (χ0v) is 6.46. The van der Waals surface area contributed by atoms with Crippen LogP contribution in [0.4, 0.5) is 0 Å². The SMILES string of the molecule is C=C(C)[C@@H](O)[C@H](O)C(=C)C. The van der Waals surface area contributed by atoms with Crippen molar-refractivity contribution in [2.24, 2.45) is 0 Å². The first-order valence-electron chi connectivity index (χ1n) is 3.13. The molecule has 0 saturated carbocycles. The summed E-state index contributed by atoms with van der Waals surface area (Å²) < 4.78 is 0. The van der Waals surface area contributed by atoms with E-state index < -0.39 is 12.2 Å². The maximum absolute atomic E-state index is 9.16. The molecule has 0 saturated heterocycles. The lowest BCUT2D eigenvalue weighted by molar-refractivity contribution is 0.0664. The molecule has 0 aliphatic rings. The molecule has 2 nitrogen and oxygen atoms in total. The van der Waals surface area contributed by atoms with Crippen LogP contribution in [0.1, 0.15) is 13.8 Å². The zero-order chi connectivity index (χ0) is 8.31. The normalized spacial score (nSPS) is 16.0. The average Bonchev–Trinajstić information content (AvgIpc) is 1.84. The topological polar surface area (TPSA) is 40.5 Å². The van der Waals surface area contributed by atoms with Crippen molar-refractivity contribution in [2.75, 3.05) is 0 Å². The van der Waals surface area contributed by atoms with Gasteiger partial charge in [-0.05, 0) is 25.0 Å². The Kier molecular flexibility index (Phi) is 3.33. The van der Waals surface area contributed by atoms with Crippen LogP contribution >= 0.6 is 0 Å². The number of hydrogen-bond acceptors (Lipinski definition) is 2. The average molecular weight is 142 g/mol. The molecule has 0 radical (unpaired) electrons. The summed E-state index contributed by atoms with van der Waals surface area (Å²) in [6.07, 6.45) is -1.75. The third-order valence-corrected chi connectivity index (χ3v) is 1.31. The highest BCUT2D eigenvalue weighted by Gasteiger charge is 2.16. The Hall–Kier alpha value is -0.600. The summed E-state index contributed by atoms with van der Waals surface area (Å²) >= 11 is 0. The van der Waals surface area contributed by atoms with Crippen molar-refractivity contribution >= 4 is 0 Å². The highest BCUT2D eigenvalue weighted by molar-refractivity contribution is 5.10. The minimum absolute atomic E-state index is 0.551. The Balaban J connectivity index is 4.07. The Morgan fingerprint density at radius 1 is 1.00 bits per heavy atom. The molecule has 0 heterocycles. The fourth-order valence-electron chi connectivity index (χ4n) is 0.539. The van der Waals surface area contributed by atoms with Gasteiger partial charge in [0.05, 0.1) is 0 Å². The predicted molar refractivity (Wildman–Crippen MR) is 41.6 cm³/mol. The van der Waals surface area contributed by atoms with Crippen molar-refractivity contribution in [3.63, 3.8) is 0 Å². The molecule has 0 aromatic carbocycles. The van der Waals surface area contributed by atoms with Gasteiger partial charge in [0.15, 0.2) is 0 Å². The second-order valence-corrected chi connectivity index (χ2v) is 2.58. The van der Waals surface area contributed by atoms with Crippen LogP contribution in [0.25, 0.3) is 0 Å². The van der Waals surface area contributed by atoms with Gasteiger partial charge >= 0.3 is 0 Å². The van der Waals surface area contributed by atoms with Crippen LogP contribution in [-0.2, 0) is 0 Å². The van der Waals surface area contributed by atoms with Gasteiger partial charge in [0, 0.05) is 0 Å². The van der Waals surface area contributed by atoms with Crippen molar-refractivity contribution in [2.45, 2.75) is 26.1 Å². The molecule has 0 aromatic rings. The highest BCUT2D eigenvalue weighted by Crippen LogP contribution is 2.09. The lowest BCUT2D eigenvalue weighted by Crippen LogP contribution is -2.27. The quantitative estimate of drug-likeness (QED) is 0.574. The van der Waals surface area contributed by atoms with Crippen LogP contribution in [0.5, 0.6) is 0 Å². The lowest BCUT2D eigenvalue weighted by Gasteiger charge is -2.17. The van der Waals surface area contributed by atoms with Crippen molar-refractivity contribution in [3.8, 4) is 0 Å². The molecule has 0 spiro atoms. The second kappa shape index (κ2) is 3.54. The molecule has 0 amide bonds. The van der Waals surface area contributed by atoms with E-state index in [0.717, 1.165) is 0 Å². The maximum atomic E-state index is 9.16. The van der Waals surface area contributed by atoms with Gasteiger partial charge in [-0.1, -0.05) is 13.2 Å². The third kappa shape index (κ3) is 2.33. The minimum Gasteiger partial charge on any atom is -0.386 e. The zero-order valence-electron chi connectivity index (χ0n) is 6.46. The Labute approximate surface area is 61.5 Å². The summed E-state index contributed by atoms with van der Waals surface area (Å²) in [5.74, 6) is 0. The predicted octanol–water partition coefficient (Wildman–Crippen LogP) is 0.860. The maximum Gasteiger partial charge on any atom is 0.104 e. The van der Waals surface area contributed by atoms with Gasteiger partial charge in [-0.2, -0.15) is 0 Å². The van der Waals surface area contributed by atoms with Crippen molar-refractivity contribution in [1.82, 2.24) is 0 Å². The van der Waals surface area contributed by atoms with E-state index in [1.54, 1.807) is 13.8 Å². The smallest absolute Gasteiger partial charge is 0.104 e. The highest BCUT2D eigenvalue weighted by atomic mass is 16.3. The van der Waals surface area contributed by atoms with Crippen molar-refractivity contribution in [3.05, 3.63) is 24.3 Å². The molecule has 0 rings (SSSR count). The lowest BCUT2D eigenvalue weighted by atomic mass is 10.0. The van der Waals surface area contributed by atoms with Crippen LogP contribution in [0, 0.1) is 0 Å². The molecule has 2 heteroatoms. The third-order valence-electron chi connectivity index (χ3n) is 1.31. The summed E-state index contributed by atoms with van der Waals surface area (Å²) in [7, 11) is 0. The molecule has 0 aromatic heterocycles. The molecule has 0 bridgehead atoms. The fraction of sp³-hybridized carbons (Fsp3) is 0.500. The minimum atomic E-state index is -0.877. The van der Waals surface area contributed by atoms with Crippen LogP contribution < -0.4 is 0 Å². The van der Waals surface area contributed by atoms with Crippen LogP contribution in [0.15, 0.2) is 24.3 Å². The molecular formula is C8H14O2. The summed E-state index contributed by atoms with van der Waals surface area (Å²) in [4.78, 5) is 0. The molecule has 0 unspecified atom stereocenters. The van der Waals surface area contributed by atoms with Gasteiger partial charge in [0.25, 0.3) is 0 Å². The molecule has 0 aliphatic heterocycles. The van der Waals surface area contributed by atoms with Gasteiger partial charge in [0.2, 0.25) is 0 Å².